The molecule has 0 bridgehead atoms. The first-order valence-electron chi connectivity index (χ1n) is 7.60. The fourth-order valence-corrected chi connectivity index (χ4v) is 3.24. The molecule has 114 valence electrons. The highest BCUT2D eigenvalue weighted by atomic mass is 32.1. The molecule has 0 saturated carbocycles. The summed E-state index contributed by atoms with van der Waals surface area (Å²) in [7, 11) is 1.97. The summed E-state index contributed by atoms with van der Waals surface area (Å²) in [5.74, 6) is 0.912. The van der Waals surface area contributed by atoms with E-state index in [9.17, 15) is 0 Å². The molecule has 0 fully saturated rings. The number of hydrogen-bond acceptors (Lipinski definition) is 4. The zero-order chi connectivity index (χ0) is 15.1. The molecule has 0 radical (unpaired) electrons. The van der Waals surface area contributed by atoms with Crippen molar-refractivity contribution in [1.29, 1.82) is 0 Å². The Morgan fingerprint density at radius 2 is 1.95 bits per heavy atom. The lowest BCUT2D eigenvalue weighted by Gasteiger charge is -2.04. The summed E-state index contributed by atoms with van der Waals surface area (Å²) < 4.78 is 5.84. The topological polar surface area (TPSA) is 34.1 Å². The van der Waals surface area contributed by atoms with Crippen molar-refractivity contribution in [3.8, 4) is 5.75 Å². The highest BCUT2D eigenvalue weighted by Gasteiger charge is 2.10. The maximum Gasteiger partial charge on any atom is 0.140 e. The number of nitrogens with one attached hydrogen (secondary N) is 1. The largest absolute Gasteiger partial charge is 0.486 e. The third kappa shape index (κ3) is 4.55. The number of hydrogen-bond donors (Lipinski definition) is 1. The summed E-state index contributed by atoms with van der Waals surface area (Å²) in [6.07, 6.45) is 3.22. The second-order valence-corrected chi connectivity index (χ2v) is 6.21. The monoisotopic (exact) mass is 304 g/mol. The number of aryl methyl sites for hydroxylation is 2. The second kappa shape index (κ2) is 8.15. The van der Waals surface area contributed by atoms with Crippen LogP contribution in [-0.4, -0.2) is 12.0 Å². The van der Waals surface area contributed by atoms with E-state index >= 15 is 0 Å². The van der Waals surface area contributed by atoms with E-state index < -0.39 is 0 Å². The normalized spacial score (nSPS) is 10.8. The maximum absolute atomic E-state index is 5.84. The first-order valence-corrected chi connectivity index (χ1v) is 8.42. The van der Waals surface area contributed by atoms with Gasteiger partial charge in [0.25, 0.3) is 0 Å². The molecule has 1 aromatic heterocycles. The second-order valence-electron chi connectivity index (χ2n) is 5.04. The molecule has 0 saturated heterocycles. The van der Waals surface area contributed by atoms with Crippen molar-refractivity contribution in [2.45, 2.75) is 46.3 Å². The number of aromatic nitrogens is 1. The van der Waals surface area contributed by atoms with Crippen molar-refractivity contribution in [2.24, 2.45) is 0 Å². The van der Waals surface area contributed by atoms with Crippen LogP contribution in [0.1, 0.15) is 41.4 Å². The van der Waals surface area contributed by atoms with Crippen LogP contribution in [0, 0.1) is 0 Å². The first-order chi connectivity index (χ1) is 10.3. The van der Waals surface area contributed by atoms with Gasteiger partial charge < -0.3 is 10.1 Å². The Morgan fingerprint density at radius 1 is 1.19 bits per heavy atom. The van der Waals surface area contributed by atoms with Crippen LogP contribution in [0.3, 0.4) is 0 Å². The van der Waals surface area contributed by atoms with Crippen molar-refractivity contribution in [2.75, 3.05) is 7.05 Å². The van der Waals surface area contributed by atoms with Crippen LogP contribution in [0.25, 0.3) is 0 Å². The molecular weight excluding hydrogens is 280 g/mol. The molecule has 2 aromatic rings. The van der Waals surface area contributed by atoms with Gasteiger partial charge in [-0.2, -0.15) is 0 Å². The molecule has 21 heavy (non-hydrogen) atoms. The summed E-state index contributed by atoms with van der Waals surface area (Å²) in [4.78, 5) is 6.05. The summed E-state index contributed by atoms with van der Waals surface area (Å²) >= 11 is 1.75. The van der Waals surface area contributed by atoms with Gasteiger partial charge in [-0.1, -0.05) is 32.4 Å². The van der Waals surface area contributed by atoms with E-state index in [1.807, 2.05) is 19.2 Å². The van der Waals surface area contributed by atoms with Crippen LogP contribution in [-0.2, 0) is 26.0 Å². The Kier molecular flexibility index (Phi) is 6.21. The molecule has 3 nitrogen and oxygen atoms in total. The summed E-state index contributed by atoms with van der Waals surface area (Å²) in [6, 6.07) is 8.31. The number of benzene rings is 1. The molecule has 0 spiro atoms. The van der Waals surface area contributed by atoms with Gasteiger partial charge in [0, 0.05) is 11.4 Å². The van der Waals surface area contributed by atoms with Gasteiger partial charge in [0.1, 0.15) is 17.4 Å². The van der Waals surface area contributed by atoms with E-state index in [1.54, 1.807) is 11.3 Å². The Morgan fingerprint density at radius 3 is 2.57 bits per heavy atom. The zero-order valence-electron chi connectivity index (χ0n) is 13.1. The predicted octanol–water partition coefficient (Wildman–Crippen LogP) is 3.96. The van der Waals surface area contributed by atoms with Crippen molar-refractivity contribution < 1.29 is 4.74 Å². The lowest BCUT2D eigenvalue weighted by Crippen LogP contribution is -2.05. The molecular formula is C17H24N2OS. The van der Waals surface area contributed by atoms with Gasteiger partial charge in [-0.15, -0.1) is 11.3 Å². The fourth-order valence-electron chi connectivity index (χ4n) is 2.20. The molecule has 0 atom stereocenters. The van der Waals surface area contributed by atoms with Crippen molar-refractivity contribution in [3.63, 3.8) is 0 Å². The number of nitrogens with zero attached hydrogens (tertiary/aromatic N) is 1. The Labute approximate surface area is 131 Å². The average molecular weight is 304 g/mol. The molecule has 2 rings (SSSR count). The number of thiazole rings is 1. The summed E-state index contributed by atoms with van der Waals surface area (Å²) in [5, 5.41) is 4.27. The fraction of sp³-hybridized carbons (Fsp3) is 0.471. The van der Waals surface area contributed by atoms with Crippen molar-refractivity contribution in [3.05, 3.63) is 45.4 Å². The van der Waals surface area contributed by atoms with E-state index in [-0.39, 0.29) is 0 Å². The molecule has 0 aliphatic heterocycles. The third-order valence-corrected chi connectivity index (χ3v) is 4.41. The minimum atomic E-state index is 0.552. The van der Waals surface area contributed by atoms with Gasteiger partial charge in [0.2, 0.25) is 0 Å². The molecule has 1 N–H and O–H groups in total. The number of ether oxygens (including phenoxy) is 1. The average Bonchev–Trinajstić information content (AvgIpc) is 2.89. The SMILES string of the molecule is CCCc1nc(COc2ccc(CC)cc2)sc1CNC. The quantitative estimate of drug-likeness (QED) is 0.801. The zero-order valence-corrected chi connectivity index (χ0v) is 13.9. The van der Waals surface area contributed by atoms with E-state index in [0.29, 0.717) is 6.61 Å². The van der Waals surface area contributed by atoms with E-state index in [0.717, 1.165) is 36.6 Å². The Hall–Kier alpha value is -1.39. The van der Waals surface area contributed by atoms with Crippen LogP contribution in [0.4, 0.5) is 0 Å². The van der Waals surface area contributed by atoms with Crippen LogP contribution in [0.2, 0.25) is 0 Å². The Balaban J connectivity index is 1.99. The minimum Gasteiger partial charge on any atom is -0.486 e. The molecule has 1 aromatic carbocycles. The smallest absolute Gasteiger partial charge is 0.140 e. The molecule has 1 heterocycles. The molecule has 0 amide bonds. The van der Waals surface area contributed by atoms with Gasteiger partial charge in [-0.25, -0.2) is 4.98 Å². The molecule has 4 heteroatoms. The van der Waals surface area contributed by atoms with Crippen molar-refractivity contribution >= 4 is 11.3 Å². The van der Waals surface area contributed by atoms with Gasteiger partial charge in [0.05, 0.1) is 5.69 Å². The molecule has 0 aliphatic carbocycles. The number of rotatable bonds is 8. The first kappa shape index (κ1) is 16.0. The minimum absolute atomic E-state index is 0.552. The summed E-state index contributed by atoms with van der Waals surface area (Å²) in [5.41, 5.74) is 2.55. The third-order valence-electron chi connectivity index (χ3n) is 3.34. The maximum atomic E-state index is 5.84. The summed E-state index contributed by atoms with van der Waals surface area (Å²) in [6.45, 7) is 5.78. The van der Waals surface area contributed by atoms with E-state index in [1.165, 1.54) is 16.1 Å². The molecule has 0 unspecified atom stereocenters. The Bertz CT molecular complexity index is 525. The standard InChI is InChI=1S/C17H24N2OS/c1-4-6-15-16(11-18-3)21-17(19-15)12-20-14-9-7-13(5-2)8-10-14/h7-10,18H,4-6,11-12H2,1-3H3. The lowest BCUT2D eigenvalue weighted by molar-refractivity contribution is 0.305. The van der Waals surface area contributed by atoms with Crippen LogP contribution < -0.4 is 10.1 Å². The van der Waals surface area contributed by atoms with Gasteiger partial charge >= 0.3 is 0 Å². The van der Waals surface area contributed by atoms with E-state index in [2.05, 4.69) is 31.3 Å². The van der Waals surface area contributed by atoms with E-state index in [4.69, 9.17) is 9.72 Å². The van der Waals surface area contributed by atoms with Gasteiger partial charge in [-0.05, 0) is 37.6 Å². The van der Waals surface area contributed by atoms with Crippen LogP contribution >= 0.6 is 11.3 Å². The highest BCUT2D eigenvalue weighted by Crippen LogP contribution is 2.22. The highest BCUT2D eigenvalue weighted by molar-refractivity contribution is 7.11. The molecule has 0 aliphatic rings. The van der Waals surface area contributed by atoms with Crippen LogP contribution in [0.15, 0.2) is 24.3 Å². The van der Waals surface area contributed by atoms with Gasteiger partial charge in [-0.3, -0.25) is 0 Å². The van der Waals surface area contributed by atoms with Gasteiger partial charge in [0.15, 0.2) is 0 Å². The van der Waals surface area contributed by atoms with Crippen LogP contribution in [0.5, 0.6) is 5.75 Å². The van der Waals surface area contributed by atoms with Crippen molar-refractivity contribution in [1.82, 2.24) is 10.3 Å². The predicted molar refractivity (Wildman–Crippen MR) is 89.0 cm³/mol. The lowest BCUT2D eigenvalue weighted by atomic mass is 10.2.